The summed E-state index contributed by atoms with van der Waals surface area (Å²) in [6, 6.07) is 1.82. The summed E-state index contributed by atoms with van der Waals surface area (Å²) in [5.41, 5.74) is -0.112. The van der Waals surface area contributed by atoms with Gasteiger partial charge in [0.25, 0.3) is 5.91 Å². The van der Waals surface area contributed by atoms with Crippen LogP contribution in [-0.4, -0.2) is 34.2 Å². The molecule has 0 saturated heterocycles. The molecule has 0 saturated carbocycles. The molecule has 6 heteroatoms. The second kappa shape index (κ2) is 4.70. The second-order valence-electron chi connectivity index (χ2n) is 4.81. The van der Waals surface area contributed by atoms with Crippen molar-refractivity contribution in [2.75, 3.05) is 6.73 Å². The zero-order chi connectivity index (χ0) is 14.2. The van der Waals surface area contributed by atoms with Gasteiger partial charge < -0.3 is 9.84 Å². The van der Waals surface area contributed by atoms with Gasteiger partial charge in [0.15, 0.2) is 6.73 Å². The van der Waals surface area contributed by atoms with Crippen LogP contribution >= 0.6 is 11.3 Å². The summed E-state index contributed by atoms with van der Waals surface area (Å²) in [6.07, 6.45) is 0. The SMILES string of the molecule is CC1=C(c2ccsc2)C(=O)N(C(C)(C)C(=O)O)CO1. The molecule has 102 valence electrons. The first-order valence-electron chi connectivity index (χ1n) is 5.77. The number of rotatable bonds is 3. The van der Waals surface area contributed by atoms with E-state index in [0.717, 1.165) is 5.56 Å². The lowest BCUT2D eigenvalue weighted by atomic mass is 9.99. The van der Waals surface area contributed by atoms with Crippen LogP contribution in [0.25, 0.3) is 5.57 Å². The van der Waals surface area contributed by atoms with Gasteiger partial charge in [-0.3, -0.25) is 9.69 Å². The molecule has 1 amide bonds. The molecule has 5 nitrogen and oxygen atoms in total. The van der Waals surface area contributed by atoms with Crippen LogP contribution in [0, 0.1) is 0 Å². The van der Waals surface area contributed by atoms with E-state index in [4.69, 9.17) is 4.74 Å². The van der Waals surface area contributed by atoms with Crippen molar-refractivity contribution >= 4 is 28.8 Å². The van der Waals surface area contributed by atoms with E-state index in [-0.39, 0.29) is 12.6 Å². The van der Waals surface area contributed by atoms with Gasteiger partial charge in [-0.25, -0.2) is 4.79 Å². The van der Waals surface area contributed by atoms with Crippen molar-refractivity contribution in [2.24, 2.45) is 0 Å². The van der Waals surface area contributed by atoms with Gasteiger partial charge in [-0.05, 0) is 37.6 Å². The van der Waals surface area contributed by atoms with E-state index in [1.165, 1.54) is 30.1 Å². The monoisotopic (exact) mass is 281 g/mol. The van der Waals surface area contributed by atoms with Crippen molar-refractivity contribution in [1.29, 1.82) is 0 Å². The van der Waals surface area contributed by atoms with Crippen LogP contribution in [0.1, 0.15) is 26.3 Å². The highest BCUT2D eigenvalue weighted by Gasteiger charge is 2.42. The molecule has 0 aliphatic carbocycles. The smallest absolute Gasteiger partial charge is 0.329 e. The quantitative estimate of drug-likeness (QED) is 0.922. The van der Waals surface area contributed by atoms with E-state index in [1.54, 1.807) is 6.92 Å². The van der Waals surface area contributed by atoms with Crippen LogP contribution in [0.4, 0.5) is 0 Å². The van der Waals surface area contributed by atoms with E-state index < -0.39 is 11.5 Å². The first kappa shape index (κ1) is 13.6. The van der Waals surface area contributed by atoms with Crippen LogP contribution < -0.4 is 0 Å². The number of ether oxygens (including phenoxy) is 1. The number of carboxylic acids is 1. The molecule has 19 heavy (non-hydrogen) atoms. The van der Waals surface area contributed by atoms with Crippen LogP contribution in [0.5, 0.6) is 0 Å². The van der Waals surface area contributed by atoms with E-state index in [1.807, 2.05) is 16.8 Å². The van der Waals surface area contributed by atoms with E-state index >= 15 is 0 Å². The van der Waals surface area contributed by atoms with E-state index in [9.17, 15) is 14.7 Å². The Morgan fingerprint density at radius 2 is 2.21 bits per heavy atom. The number of hydrogen-bond donors (Lipinski definition) is 1. The van der Waals surface area contributed by atoms with Gasteiger partial charge in [0, 0.05) is 5.56 Å². The Hall–Kier alpha value is -1.82. The fourth-order valence-corrected chi connectivity index (χ4v) is 2.49. The Kier molecular flexibility index (Phi) is 3.36. The molecule has 2 rings (SSSR count). The molecule has 0 unspecified atom stereocenters. The summed E-state index contributed by atoms with van der Waals surface area (Å²) in [7, 11) is 0. The highest BCUT2D eigenvalue weighted by Crippen LogP contribution is 2.31. The fraction of sp³-hybridized carbons (Fsp3) is 0.385. The number of carbonyl (C=O) groups excluding carboxylic acids is 1. The fourth-order valence-electron chi connectivity index (χ4n) is 1.84. The van der Waals surface area contributed by atoms with Crippen LogP contribution in [0.3, 0.4) is 0 Å². The number of allylic oxidation sites excluding steroid dienone is 1. The van der Waals surface area contributed by atoms with Crippen molar-refractivity contribution in [3.8, 4) is 0 Å². The van der Waals surface area contributed by atoms with Crippen molar-refractivity contribution in [2.45, 2.75) is 26.3 Å². The summed E-state index contributed by atoms with van der Waals surface area (Å²) in [6.45, 7) is 4.65. The normalized spacial score (nSPS) is 16.6. The number of hydrogen-bond acceptors (Lipinski definition) is 4. The Morgan fingerprint density at radius 3 is 2.74 bits per heavy atom. The molecule has 1 aliphatic heterocycles. The maximum absolute atomic E-state index is 12.5. The highest BCUT2D eigenvalue weighted by atomic mass is 32.1. The highest BCUT2D eigenvalue weighted by molar-refractivity contribution is 7.08. The minimum atomic E-state index is -1.31. The molecule has 0 atom stereocenters. The van der Waals surface area contributed by atoms with Crippen molar-refractivity contribution in [3.05, 3.63) is 28.1 Å². The van der Waals surface area contributed by atoms with Gasteiger partial charge in [-0.15, -0.1) is 0 Å². The Balaban J connectivity index is 2.42. The van der Waals surface area contributed by atoms with Crippen LogP contribution in [0.2, 0.25) is 0 Å². The lowest BCUT2D eigenvalue weighted by Gasteiger charge is -2.38. The molecule has 1 N–H and O–H groups in total. The number of aliphatic carboxylic acids is 1. The predicted octanol–water partition coefficient (Wildman–Crippen LogP) is 2.16. The average Bonchev–Trinajstić information content (AvgIpc) is 2.82. The molecular formula is C13H15NO4S. The third-order valence-corrected chi connectivity index (χ3v) is 3.91. The molecule has 0 aromatic carbocycles. The summed E-state index contributed by atoms with van der Waals surface area (Å²) in [4.78, 5) is 25.0. The molecule has 0 fully saturated rings. The molecule has 2 heterocycles. The molecule has 1 aromatic rings. The third kappa shape index (κ3) is 2.23. The molecule has 0 radical (unpaired) electrons. The maximum atomic E-state index is 12.5. The van der Waals surface area contributed by atoms with E-state index in [0.29, 0.717) is 11.3 Å². The van der Waals surface area contributed by atoms with Crippen molar-refractivity contribution in [1.82, 2.24) is 4.90 Å². The molecule has 1 aromatic heterocycles. The molecule has 1 aliphatic rings. The summed E-state index contributed by atoms with van der Waals surface area (Å²) in [5.74, 6) is -0.843. The van der Waals surface area contributed by atoms with Crippen LogP contribution in [-0.2, 0) is 14.3 Å². The Labute approximate surface area is 115 Å². The average molecular weight is 281 g/mol. The number of carboxylic acid groups (broad SMARTS) is 1. The van der Waals surface area contributed by atoms with Gasteiger partial charge in [0.05, 0.1) is 5.57 Å². The molecule has 0 spiro atoms. The largest absolute Gasteiger partial charge is 0.480 e. The summed E-state index contributed by atoms with van der Waals surface area (Å²) >= 11 is 1.48. The molecular weight excluding hydrogens is 266 g/mol. The van der Waals surface area contributed by atoms with Crippen molar-refractivity contribution < 1.29 is 19.4 Å². The predicted molar refractivity (Wildman–Crippen MR) is 71.4 cm³/mol. The number of nitrogens with zero attached hydrogens (tertiary/aromatic N) is 1. The van der Waals surface area contributed by atoms with Crippen LogP contribution in [0.15, 0.2) is 22.6 Å². The zero-order valence-corrected chi connectivity index (χ0v) is 11.8. The second-order valence-corrected chi connectivity index (χ2v) is 5.59. The zero-order valence-electron chi connectivity index (χ0n) is 11.0. The van der Waals surface area contributed by atoms with Gasteiger partial charge >= 0.3 is 5.97 Å². The van der Waals surface area contributed by atoms with Gasteiger partial charge in [-0.2, -0.15) is 11.3 Å². The minimum absolute atomic E-state index is 0.0440. The Bertz CT molecular complexity index is 545. The molecule has 0 bridgehead atoms. The van der Waals surface area contributed by atoms with Crippen molar-refractivity contribution in [3.63, 3.8) is 0 Å². The number of amides is 1. The number of thiophene rings is 1. The van der Waals surface area contributed by atoms with E-state index in [2.05, 4.69) is 0 Å². The first-order valence-corrected chi connectivity index (χ1v) is 6.71. The minimum Gasteiger partial charge on any atom is -0.480 e. The Morgan fingerprint density at radius 1 is 1.53 bits per heavy atom. The van der Waals surface area contributed by atoms with Gasteiger partial charge in [-0.1, -0.05) is 0 Å². The summed E-state index contributed by atoms with van der Waals surface area (Å²) < 4.78 is 5.46. The lowest BCUT2D eigenvalue weighted by molar-refractivity contribution is -0.160. The first-order chi connectivity index (χ1) is 8.85. The third-order valence-electron chi connectivity index (χ3n) is 3.23. The van der Waals surface area contributed by atoms with Gasteiger partial charge in [0.1, 0.15) is 11.3 Å². The lowest BCUT2D eigenvalue weighted by Crippen LogP contribution is -2.55. The topological polar surface area (TPSA) is 66.8 Å². The maximum Gasteiger partial charge on any atom is 0.329 e. The summed E-state index contributed by atoms with van der Waals surface area (Å²) in [5, 5.41) is 12.9. The number of carbonyl (C=O) groups is 2. The van der Waals surface area contributed by atoms with Gasteiger partial charge in [0.2, 0.25) is 0 Å². The standard InChI is InChI=1S/C13H15NO4S/c1-8-10(9-4-5-19-6-9)11(15)14(7-18-8)13(2,3)12(16)17/h4-6H,7H2,1-3H3,(H,16,17).